The molecule has 34 heavy (non-hydrogen) atoms. The summed E-state index contributed by atoms with van der Waals surface area (Å²) in [7, 11) is -0.0622. The van der Waals surface area contributed by atoms with Crippen LogP contribution in [-0.2, 0) is 16.1 Å². The van der Waals surface area contributed by atoms with Crippen LogP contribution < -0.4 is 5.32 Å². The van der Waals surface area contributed by atoms with E-state index in [1.807, 2.05) is 48.7 Å². The molecule has 0 aliphatic carbocycles. The van der Waals surface area contributed by atoms with E-state index in [1.165, 1.54) is 5.56 Å². The topological polar surface area (TPSA) is 65.8 Å². The first-order valence-electron chi connectivity index (χ1n) is 11.4. The standard InChI is InChI=1S/C26H30N6OS/c1-30-14-16-31(17-15-30)19-20-6-4-7-22(18-20)27-26-28-25-24(8-5-13-32(25)29-26)21-9-11-23(12-10-21)34(2,3)33/h4-13,18H,2,14-17,19H2,1,3H3,(H,27,29). The molecule has 0 spiro atoms. The summed E-state index contributed by atoms with van der Waals surface area (Å²) in [5, 5.41) is 8.00. The summed E-state index contributed by atoms with van der Waals surface area (Å²) in [4.78, 5) is 10.4. The quantitative estimate of drug-likeness (QED) is 0.431. The van der Waals surface area contributed by atoms with Crippen LogP contribution in [0.25, 0.3) is 16.8 Å². The summed E-state index contributed by atoms with van der Waals surface area (Å²) in [6, 6.07) is 20.1. The minimum atomic E-state index is -2.24. The van der Waals surface area contributed by atoms with Gasteiger partial charge in [0.25, 0.3) is 0 Å². The van der Waals surface area contributed by atoms with Gasteiger partial charge >= 0.3 is 0 Å². The fourth-order valence-electron chi connectivity index (χ4n) is 4.25. The Hall–Kier alpha value is -3.20. The third-order valence-electron chi connectivity index (χ3n) is 6.21. The molecule has 2 aromatic heterocycles. The highest BCUT2D eigenvalue weighted by Crippen LogP contribution is 2.26. The molecule has 3 heterocycles. The Balaban J connectivity index is 1.36. The summed E-state index contributed by atoms with van der Waals surface area (Å²) < 4.78 is 14.0. The van der Waals surface area contributed by atoms with Gasteiger partial charge in [-0.25, -0.2) is 4.52 Å². The Morgan fingerprint density at radius 1 is 1.03 bits per heavy atom. The Morgan fingerprint density at radius 3 is 2.53 bits per heavy atom. The zero-order chi connectivity index (χ0) is 23.7. The molecule has 1 aliphatic rings. The van der Waals surface area contributed by atoms with Crippen molar-refractivity contribution >= 4 is 32.7 Å². The van der Waals surface area contributed by atoms with Crippen LogP contribution in [0.3, 0.4) is 0 Å². The fraction of sp³-hybridized carbons (Fsp3) is 0.269. The van der Waals surface area contributed by atoms with Crippen LogP contribution in [0, 0.1) is 0 Å². The summed E-state index contributed by atoms with van der Waals surface area (Å²) in [5.74, 6) is 4.32. The molecular weight excluding hydrogens is 444 g/mol. The normalized spacial score (nSPS) is 17.0. The Bertz CT molecular complexity index is 1400. The Labute approximate surface area is 201 Å². The fourth-order valence-corrected chi connectivity index (χ4v) is 4.96. The van der Waals surface area contributed by atoms with E-state index in [4.69, 9.17) is 4.98 Å². The van der Waals surface area contributed by atoms with E-state index >= 15 is 0 Å². The maximum absolute atomic E-state index is 12.2. The number of anilines is 2. The van der Waals surface area contributed by atoms with Gasteiger partial charge in [-0.3, -0.25) is 9.11 Å². The average Bonchev–Trinajstić information content (AvgIpc) is 3.23. The van der Waals surface area contributed by atoms with Crippen molar-refractivity contribution in [1.82, 2.24) is 24.4 Å². The van der Waals surface area contributed by atoms with Gasteiger partial charge in [0.05, 0.1) is 0 Å². The van der Waals surface area contributed by atoms with E-state index in [2.05, 4.69) is 51.3 Å². The molecule has 0 amide bonds. The molecule has 1 aliphatic heterocycles. The summed E-state index contributed by atoms with van der Waals surface area (Å²) >= 11 is 0. The van der Waals surface area contributed by atoms with Crippen molar-refractivity contribution < 1.29 is 4.21 Å². The van der Waals surface area contributed by atoms with Gasteiger partial charge in [-0.1, -0.05) is 24.3 Å². The van der Waals surface area contributed by atoms with Gasteiger partial charge in [0.1, 0.15) is 0 Å². The van der Waals surface area contributed by atoms with Gasteiger partial charge < -0.3 is 10.2 Å². The summed E-state index contributed by atoms with van der Waals surface area (Å²) in [6.45, 7) is 5.35. The smallest absolute Gasteiger partial charge is 0.247 e. The number of hydrogen-bond donors (Lipinski definition) is 1. The minimum absolute atomic E-state index is 0.551. The minimum Gasteiger partial charge on any atom is -0.323 e. The van der Waals surface area contributed by atoms with Crippen molar-refractivity contribution in [1.29, 1.82) is 0 Å². The predicted octanol–water partition coefficient (Wildman–Crippen LogP) is 3.59. The van der Waals surface area contributed by atoms with Crippen molar-refractivity contribution in [3.63, 3.8) is 0 Å². The van der Waals surface area contributed by atoms with Gasteiger partial charge in [0.15, 0.2) is 5.65 Å². The maximum Gasteiger partial charge on any atom is 0.247 e. The van der Waals surface area contributed by atoms with Gasteiger partial charge in [0.2, 0.25) is 5.95 Å². The highest BCUT2D eigenvalue weighted by molar-refractivity contribution is 7.99. The maximum atomic E-state index is 12.2. The van der Waals surface area contributed by atoms with Crippen molar-refractivity contribution in [2.75, 3.05) is 44.8 Å². The van der Waals surface area contributed by atoms with Crippen LogP contribution in [0.5, 0.6) is 0 Å². The summed E-state index contributed by atoms with van der Waals surface area (Å²) in [6.07, 6.45) is 3.54. The molecule has 1 N–H and O–H groups in total. The Morgan fingerprint density at radius 2 is 1.79 bits per heavy atom. The number of pyridine rings is 1. The molecule has 1 saturated heterocycles. The van der Waals surface area contributed by atoms with Gasteiger partial charge in [-0.15, -0.1) is 5.10 Å². The van der Waals surface area contributed by atoms with E-state index < -0.39 is 9.52 Å². The van der Waals surface area contributed by atoms with Crippen molar-refractivity contribution in [2.24, 2.45) is 0 Å². The van der Waals surface area contributed by atoms with E-state index in [-0.39, 0.29) is 0 Å². The van der Waals surface area contributed by atoms with E-state index in [0.717, 1.165) is 60.1 Å². The first-order chi connectivity index (χ1) is 16.3. The highest BCUT2D eigenvalue weighted by Gasteiger charge is 2.15. The largest absolute Gasteiger partial charge is 0.323 e. The third kappa shape index (κ3) is 4.99. The predicted molar refractivity (Wildman–Crippen MR) is 140 cm³/mol. The van der Waals surface area contributed by atoms with Crippen LogP contribution in [0.4, 0.5) is 11.6 Å². The monoisotopic (exact) mass is 474 g/mol. The van der Waals surface area contributed by atoms with Crippen LogP contribution in [0.1, 0.15) is 5.56 Å². The number of piperazine rings is 1. The van der Waals surface area contributed by atoms with E-state index in [0.29, 0.717) is 5.95 Å². The van der Waals surface area contributed by atoms with E-state index in [1.54, 1.807) is 10.8 Å². The van der Waals surface area contributed by atoms with Crippen LogP contribution >= 0.6 is 0 Å². The number of benzene rings is 2. The molecule has 0 saturated carbocycles. The SMILES string of the molecule is C=S(C)(=O)c1ccc(-c2cccn3nc(Nc4cccc(CN5CCN(C)CC5)c4)nc23)cc1. The molecule has 0 radical (unpaired) electrons. The number of fused-ring (bicyclic) bond motifs is 1. The number of aromatic nitrogens is 3. The molecule has 7 nitrogen and oxygen atoms in total. The van der Waals surface area contributed by atoms with Gasteiger partial charge in [0, 0.05) is 61.3 Å². The number of nitrogens with one attached hydrogen (secondary N) is 1. The second-order valence-corrected chi connectivity index (χ2v) is 11.5. The van der Waals surface area contributed by atoms with Crippen LogP contribution in [-0.4, -0.2) is 74.0 Å². The molecule has 8 heteroatoms. The van der Waals surface area contributed by atoms with Gasteiger partial charge in [-0.05, 0) is 70.0 Å². The lowest BCUT2D eigenvalue weighted by Crippen LogP contribution is -2.43. The number of rotatable bonds is 6. The first kappa shape index (κ1) is 22.6. The molecule has 1 atom stereocenters. The second-order valence-electron chi connectivity index (χ2n) is 9.06. The summed E-state index contributed by atoms with van der Waals surface area (Å²) in [5.41, 5.74) is 4.97. The zero-order valence-corrected chi connectivity index (χ0v) is 20.5. The number of nitrogens with zero attached hydrogens (tertiary/aromatic N) is 5. The highest BCUT2D eigenvalue weighted by atomic mass is 32.2. The molecule has 5 rings (SSSR count). The van der Waals surface area contributed by atoms with Crippen molar-refractivity contribution in [3.8, 4) is 11.1 Å². The molecule has 2 aromatic carbocycles. The van der Waals surface area contributed by atoms with Gasteiger partial charge in [-0.2, -0.15) is 4.98 Å². The molecule has 0 bridgehead atoms. The molecule has 176 valence electrons. The van der Waals surface area contributed by atoms with Crippen molar-refractivity contribution in [3.05, 3.63) is 72.4 Å². The second kappa shape index (κ2) is 9.21. The molecule has 4 aromatic rings. The lowest BCUT2D eigenvalue weighted by molar-refractivity contribution is 0.148. The zero-order valence-electron chi connectivity index (χ0n) is 19.6. The average molecular weight is 475 g/mol. The van der Waals surface area contributed by atoms with Crippen LogP contribution in [0.15, 0.2) is 71.8 Å². The lowest BCUT2D eigenvalue weighted by Gasteiger charge is -2.32. The molecular formula is C26H30N6OS. The first-order valence-corrected chi connectivity index (χ1v) is 13.5. The number of hydrogen-bond acceptors (Lipinski definition) is 6. The third-order valence-corrected chi connectivity index (χ3v) is 7.48. The lowest BCUT2D eigenvalue weighted by atomic mass is 10.1. The van der Waals surface area contributed by atoms with Crippen LogP contribution in [0.2, 0.25) is 0 Å². The molecule has 1 unspecified atom stereocenters. The number of likely N-dealkylation sites (N-methyl/N-ethyl adjacent to an activating group) is 1. The Kier molecular flexibility index (Phi) is 6.12. The van der Waals surface area contributed by atoms with Crippen molar-refractivity contribution in [2.45, 2.75) is 11.4 Å². The van der Waals surface area contributed by atoms with E-state index in [9.17, 15) is 4.21 Å². The molecule has 1 fully saturated rings.